The largest absolute Gasteiger partial charge is 0.476 e. The van der Waals surface area contributed by atoms with Crippen LogP contribution in [0.5, 0.6) is 0 Å². The van der Waals surface area contributed by atoms with Gasteiger partial charge in [-0.2, -0.15) is 4.98 Å². The summed E-state index contributed by atoms with van der Waals surface area (Å²) >= 11 is 0. The van der Waals surface area contributed by atoms with Gasteiger partial charge in [-0.3, -0.25) is 35.4 Å². The van der Waals surface area contributed by atoms with E-state index in [1.165, 1.54) is 0 Å². The highest BCUT2D eigenvalue weighted by Gasteiger charge is 2.30. The number of nitrogens with one attached hydrogen (secondary N) is 3. The molecule has 0 amide bonds. The van der Waals surface area contributed by atoms with Crippen LogP contribution in [-0.2, 0) is 9.59 Å². The van der Waals surface area contributed by atoms with Gasteiger partial charge in [0.05, 0.1) is 0 Å². The second-order valence-corrected chi connectivity index (χ2v) is 3.18. The Morgan fingerprint density at radius 2 is 1.58 bits per heavy atom. The molecule has 1 heterocycles. The van der Waals surface area contributed by atoms with Crippen LogP contribution < -0.4 is 16.3 Å². The van der Waals surface area contributed by atoms with Gasteiger partial charge in [-0.1, -0.05) is 0 Å². The summed E-state index contributed by atoms with van der Waals surface area (Å²) in [4.78, 5) is 58.0. The van der Waals surface area contributed by atoms with Gasteiger partial charge in [0.25, 0.3) is 5.56 Å². The number of carboxylic acid groups (broad SMARTS) is 1. The van der Waals surface area contributed by atoms with E-state index in [2.05, 4.69) is 4.98 Å². The van der Waals surface area contributed by atoms with Crippen molar-refractivity contribution in [2.75, 3.05) is 0 Å². The minimum Gasteiger partial charge on any atom is -0.476 e. The van der Waals surface area contributed by atoms with Crippen LogP contribution >= 0.6 is 0 Å². The van der Waals surface area contributed by atoms with Crippen molar-refractivity contribution < 1.29 is 19.5 Å². The third-order valence-corrected chi connectivity index (χ3v) is 1.98. The van der Waals surface area contributed by atoms with Gasteiger partial charge in [0.2, 0.25) is 17.0 Å². The molecule has 10 nitrogen and oxygen atoms in total. The number of hydrogen-bond acceptors (Lipinski definition) is 9. The summed E-state index contributed by atoms with van der Waals surface area (Å²) in [5.41, 5.74) is -6.77. The van der Waals surface area contributed by atoms with Gasteiger partial charge in [0, 0.05) is 0 Å². The summed E-state index contributed by atoms with van der Waals surface area (Å²) < 4.78 is 0. The zero-order valence-electron chi connectivity index (χ0n) is 8.94. The van der Waals surface area contributed by atoms with Crippen LogP contribution in [0.25, 0.3) is 0 Å². The summed E-state index contributed by atoms with van der Waals surface area (Å²) in [5, 5.41) is 28.1. The van der Waals surface area contributed by atoms with E-state index in [1.807, 2.05) is 0 Å². The lowest BCUT2D eigenvalue weighted by Crippen LogP contribution is -2.37. The highest BCUT2D eigenvalue weighted by Crippen LogP contribution is 1.92. The number of aromatic nitrogens is 1. The van der Waals surface area contributed by atoms with E-state index in [0.717, 1.165) is 0 Å². The van der Waals surface area contributed by atoms with Crippen molar-refractivity contribution in [1.82, 2.24) is 4.98 Å². The maximum Gasteiger partial charge on any atom is 0.357 e. The first kappa shape index (κ1) is 13.9. The molecule has 1 aromatic rings. The average molecular weight is 264 g/mol. The molecule has 1 rings (SSSR count). The molecule has 0 saturated heterocycles. The summed E-state index contributed by atoms with van der Waals surface area (Å²) in [5.74, 6) is -5.28. The van der Waals surface area contributed by atoms with Crippen molar-refractivity contribution >= 4 is 29.0 Å². The van der Waals surface area contributed by atoms with Crippen LogP contribution in [0.4, 0.5) is 0 Å². The van der Waals surface area contributed by atoms with Gasteiger partial charge in [0.1, 0.15) is 0 Å². The van der Waals surface area contributed by atoms with Crippen molar-refractivity contribution in [3.05, 3.63) is 31.6 Å². The minimum absolute atomic E-state index is 1.09. The van der Waals surface area contributed by atoms with E-state index in [9.17, 15) is 24.0 Å². The number of aliphatic carboxylic acids is 1. The highest BCUT2D eigenvalue weighted by molar-refractivity contribution is 6.88. The molecule has 0 aliphatic heterocycles. The number of Topliss-reactive ketones (excluding diaryl/α,β-unsaturated/α-hetero) is 2. The Balaban J connectivity index is 3.22. The van der Waals surface area contributed by atoms with Crippen LogP contribution in [0.2, 0.25) is 0 Å². The summed E-state index contributed by atoms with van der Waals surface area (Å²) in [6.07, 6.45) is 0. The molecular weight excluding hydrogens is 260 g/mol. The van der Waals surface area contributed by atoms with Crippen LogP contribution in [0.15, 0.2) is 9.59 Å². The summed E-state index contributed by atoms with van der Waals surface area (Å²) in [6.45, 7) is 0. The maximum atomic E-state index is 11.5. The number of carboxylic acids is 1. The van der Waals surface area contributed by atoms with E-state index in [4.69, 9.17) is 21.3 Å². The van der Waals surface area contributed by atoms with Crippen molar-refractivity contribution in [2.24, 2.45) is 0 Å². The molecule has 1 aromatic heterocycles. The topological polar surface area (TPSA) is 190 Å². The SMILES string of the molecule is N=C(C(=O)O)C(=O)C(=N)C(=O)c1nc(=O)c(=N)c1=O. The molecule has 10 heteroatoms. The predicted octanol–water partition coefficient (Wildman–Crippen LogP) is -2.97. The molecule has 0 bridgehead atoms. The number of hydrogen-bond donors (Lipinski definition) is 4. The monoisotopic (exact) mass is 264 g/mol. The van der Waals surface area contributed by atoms with E-state index >= 15 is 0 Å². The van der Waals surface area contributed by atoms with Crippen molar-refractivity contribution in [3.8, 4) is 0 Å². The molecule has 0 spiro atoms. The molecule has 96 valence electrons. The number of ketones is 2. The maximum absolute atomic E-state index is 11.5. The Bertz CT molecular complexity index is 783. The Hall–Kier alpha value is -3.17. The Kier molecular flexibility index (Phi) is 3.36. The minimum atomic E-state index is -1.95. The smallest absolute Gasteiger partial charge is 0.357 e. The second kappa shape index (κ2) is 4.60. The molecule has 0 aliphatic carbocycles. The second-order valence-electron chi connectivity index (χ2n) is 3.18. The predicted molar refractivity (Wildman–Crippen MR) is 57.4 cm³/mol. The van der Waals surface area contributed by atoms with Gasteiger partial charge in [0.15, 0.2) is 22.5 Å². The Morgan fingerprint density at radius 3 is 1.95 bits per heavy atom. The quantitative estimate of drug-likeness (QED) is 0.248. The van der Waals surface area contributed by atoms with Crippen LogP contribution in [0.1, 0.15) is 10.5 Å². The van der Waals surface area contributed by atoms with E-state index < -0.39 is 51.0 Å². The number of rotatable bonds is 5. The molecule has 0 aromatic carbocycles. The Morgan fingerprint density at radius 1 is 1.05 bits per heavy atom. The van der Waals surface area contributed by atoms with Crippen molar-refractivity contribution in [1.29, 1.82) is 16.2 Å². The van der Waals surface area contributed by atoms with E-state index in [-0.39, 0.29) is 0 Å². The molecular formula is C9H4N4O6. The van der Waals surface area contributed by atoms with Gasteiger partial charge >= 0.3 is 5.97 Å². The first-order chi connectivity index (χ1) is 8.68. The van der Waals surface area contributed by atoms with Crippen molar-refractivity contribution in [2.45, 2.75) is 0 Å². The summed E-state index contributed by atoms with van der Waals surface area (Å²) in [6, 6.07) is 0. The third kappa shape index (κ3) is 2.26. The average Bonchev–Trinajstić information content (AvgIpc) is 2.62. The van der Waals surface area contributed by atoms with Crippen LogP contribution in [0.3, 0.4) is 0 Å². The number of carbonyl (C=O) groups is 3. The molecule has 0 aliphatic rings. The van der Waals surface area contributed by atoms with Crippen LogP contribution in [0, 0.1) is 16.2 Å². The van der Waals surface area contributed by atoms with E-state index in [1.54, 1.807) is 0 Å². The van der Waals surface area contributed by atoms with Crippen molar-refractivity contribution in [3.63, 3.8) is 0 Å². The van der Waals surface area contributed by atoms with Gasteiger partial charge < -0.3 is 5.11 Å². The summed E-state index contributed by atoms with van der Waals surface area (Å²) in [7, 11) is 0. The number of carbonyl (C=O) groups excluding carboxylic acids is 2. The fourth-order valence-corrected chi connectivity index (χ4v) is 1.02. The first-order valence-electron chi connectivity index (χ1n) is 4.44. The van der Waals surface area contributed by atoms with Gasteiger partial charge in [-0.05, 0) is 0 Å². The van der Waals surface area contributed by atoms with Gasteiger partial charge in [-0.15, -0.1) is 0 Å². The lowest BCUT2D eigenvalue weighted by molar-refractivity contribution is -0.130. The molecule has 4 N–H and O–H groups in total. The fourth-order valence-electron chi connectivity index (χ4n) is 1.02. The molecule has 0 fully saturated rings. The lowest BCUT2D eigenvalue weighted by Gasteiger charge is -1.97. The normalized spacial score (nSPS) is 9.89. The Labute approximate surface area is 102 Å². The third-order valence-electron chi connectivity index (χ3n) is 1.98. The fraction of sp³-hybridized carbons (Fsp3) is 0. The standard InChI is InChI=1S/C9H4N4O6/c10-1(5(14)3(12)9(18)19)6(15)4-7(16)2(11)8(17)13-4/h10-12H,(H,18,19). The zero-order valence-corrected chi connectivity index (χ0v) is 8.94. The van der Waals surface area contributed by atoms with Gasteiger partial charge in [-0.25, -0.2) is 4.79 Å². The molecule has 0 unspecified atom stereocenters. The molecule has 19 heavy (non-hydrogen) atoms. The van der Waals surface area contributed by atoms with Crippen LogP contribution in [-0.4, -0.2) is 39.0 Å². The number of nitrogens with zero attached hydrogens (tertiary/aromatic N) is 1. The molecule has 0 radical (unpaired) electrons. The van der Waals surface area contributed by atoms with E-state index in [0.29, 0.717) is 0 Å². The molecule has 0 saturated carbocycles. The molecule has 0 atom stereocenters. The first-order valence-corrected chi connectivity index (χ1v) is 4.44. The highest BCUT2D eigenvalue weighted by atomic mass is 16.4. The lowest BCUT2D eigenvalue weighted by atomic mass is 10.1. The zero-order chi connectivity index (χ0) is 14.9.